The summed E-state index contributed by atoms with van der Waals surface area (Å²) in [6, 6.07) is 7.19. The fourth-order valence-corrected chi connectivity index (χ4v) is 2.27. The van der Waals surface area contributed by atoms with E-state index in [0.29, 0.717) is 38.2 Å². The van der Waals surface area contributed by atoms with Crippen molar-refractivity contribution in [2.45, 2.75) is 6.42 Å². The van der Waals surface area contributed by atoms with E-state index in [1.165, 1.54) is 4.90 Å². The van der Waals surface area contributed by atoms with Gasteiger partial charge in [0.05, 0.1) is 0 Å². The molecule has 1 aromatic carbocycles. The lowest BCUT2D eigenvalue weighted by molar-refractivity contribution is 0.0624. The van der Waals surface area contributed by atoms with Crippen molar-refractivity contribution in [3.05, 3.63) is 35.4 Å². The van der Waals surface area contributed by atoms with Gasteiger partial charge in [0.15, 0.2) is 0 Å². The van der Waals surface area contributed by atoms with Crippen LogP contribution >= 0.6 is 0 Å². The first-order chi connectivity index (χ1) is 9.61. The SMILES string of the molecule is O=C(O)N1CCN(C(=O)c2cccc(CCO)c2)CC1. The average Bonchev–Trinajstić information content (AvgIpc) is 2.47. The summed E-state index contributed by atoms with van der Waals surface area (Å²) in [7, 11) is 0. The Hall–Kier alpha value is -2.08. The highest BCUT2D eigenvalue weighted by Gasteiger charge is 2.24. The molecule has 0 bridgehead atoms. The Morgan fingerprint density at radius 2 is 1.75 bits per heavy atom. The minimum atomic E-state index is -0.943. The predicted molar refractivity (Wildman–Crippen MR) is 72.7 cm³/mol. The van der Waals surface area contributed by atoms with Crippen molar-refractivity contribution in [1.82, 2.24) is 9.80 Å². The van der Waals surface area contributed by atoms with E-state index in [9.17, 15) is 9.59 Å². The maximum atomic E-state index is 12.3. The van der Waals surface area contributed by atoms with E-state index in [4.69, 9.17) is 10.2 Å². The topological polar surface area (TPSA) is 81.1 Å². The van der Waals surface area contributed by atoms with Crippen LogP contribution in [-0.4, -0.2) is 64.8 Å². The lowest BCUT2D eigenvalue weighted by atomic mass is 10.1. The summed E-state index contributed by atoms with van der Waals surface area (Å²) in [6.45, 7) is 1.56. The summed E-state index contributed by atoms with van der Waals surface area (Å²) in [5, 5.41) is 17.8. The van der Waals surface area contributed by atoms with Crippen molar-refractivity contribution in [2.75, 3.05) is 32.8 Å². The Labute approximate surface area is 117 Å². The molecule has 2 amide bonds. The van der Waals surface area contributed by atoms with Gasteiger partial charge in [-0.1, -0.05) is 12.1 Å². The number of rotatable bonds is 3. The molecule has 1 aliphatic rings. The highest BCUT2D eigenvalue weighted by molar-refractivity contribution is 5.94. The molecule has 6 nitrogen and oxygen atoms in total. The van der Waals surface area contributed by atoms with Crippen LogP contribution < -0.4 is 0 Å². The number of carbonyl (C=O) groups excluding carboxylic acids is 1. The number of nitrogens with zero attached hydrogens (tertiary/aromatic N) is 2. The molecule has 6 heteroatoms. The van der Waals surface area contributed by atoms with Crippen molar-refractivity contribution in [1.29, 1.82) is 0 Å². The summed E-state index contributed by atoms with van der Waals surface area (Å²) < 4.78 is 0. The zero-order chi connectivity index (χ0) is 14.5. The Kier molecular flexibility index (Phi) is 4.57. The molecule has 1 aliphatic heterocycles. The van der Waals surface area contributed by atoms with Gasteiger partial charge in [-0.05, 0) is 24.1 Å². The van der Waals surface area contributed by atoms with E-state index in [0.717, 1.165) is 5.56 Å². The number of hydrogen-bond acceptors (Lipinski definition) is 3. The van der Waals surface area contributed by atoms with E-state index < -0.39 is 6.09 Å². The van der Waals surface area contributed by atoms with Crippen LogP contribution in [-0.2, 0) is 6.42 Å². The fraction of sp³-hybridized carbons (Fsp3) is 0.429. The molecule has 1 fully saturated rings. The number of benzene rings is 1. The lowest BCUT2D eigenvalue weighted by Gasteiger charge is -2.33. The van der Waals surface area contributed by atoms with E-state index in [1.54, 1.807) is 23.1 Å². The van der Waals surface area contributed by atoms with E-state index in [1.807, 2.05) is 6.07 Å². The van der Waals surface area contributed by atoms with Gasteiger partial charge in [-0.2, -0.15) is 0 Å². The normalized spacial score (nSPS) is 15.2. The maximum absolute atomic E-state index is 12.3. The lowest BCUT2D eigenvalue weighted by Crippen LogP contribution is -2.50. The largest absolute Gasteiger partial charge is 0.465 e. The molecule has 2 rings (SSSR count). The summed E-state index contributed by atoms with van der Waals surface area (Å²) in [4.78, 5) is 26.1. The van der Waals surface area contributed by atoms with Gasteiger partial charge >= 0.3 is 6.09 Å². The fourth-order valence-electron chi connectivity index (χ4n) is 2.27. The maximum Gasteiger partial charge on any atom is 0.407 e. The predicted octanol–water partition coefficient (Wildman–Crippen LogP) is 0.657. The van der Waals surface area contributed by atoms with Crippen LogP contribution in [0.3, 0.4) is 0 Å². The summed E-state index contributed by atoms with van der Waals surface area (Å²) >= 11 is 0. The number of carboxylic acid groups (broad SMARTS) is 1. The van der Waals surface area contributed by atoms with Crippen LogP contribution in [0.5, 0.6) is 0 Å². The van der Waals surface area contributed by atoms with Crippen molar-refractivity contribution >= 4 is 12.0 Å². The third kappa shape index (κ3) is 3.27. The average molecular weight is 278 g/mol. The molecule has 20 heavy (non-hydrogen) atoms. The van der Waals surface area contributed by atoms with Crippen molar-refractivity contribution in [2.24, 2.45) is 0 Å². The zero-order valence-electron chi connectivity index (χ0n) is 11.2. The smallest absolute Gasteiger partial charge is 0.407 e. The molecule has 0 aromatic heterocycles. The summed E-state index contributed by atoms with van der Waals surface area (Å²) in [6.07, 6.45) is -0.421. The number of aliphatic hydroxyl groups is 1. The van der Waals surface area contributed by atoms with Gasteiger partial charge in [0, 0.05) is 38.3 Å². The van der Waals surface area contributed by atoms with E-state index in [2.05, 4.69) is 0 Å². The Morgan fingerprint density at radius 3 is 2.35 bits per heavy atom. The number of aliphatic hydroxyl groups excluding tert-OH is 1. The van der Waals surface area contributed by atoms with Crippen LogP contribution in [0.25, 0.3) is 0 Å². The minimum absolute atomic E-state index is 0.0505. The second kappa shape index (κ2) is 6.38. The van der Waals surface area contributed by atoms with Gasteiger partial charge in [0.25, 0.3) is 5.91 Å². The van der Waals surface area contributed by atoms with Crippen LogP contribution in [0.15, 0.2) is 24.3 Å². The molecule has 0 aliphatic carbocycles. The van der Waals surface area contributed by atoms with Crippen LogP contribution in [0.2, 0.25) is 0 Å². The minimum Gasteiger partial charge on any atom is -0.465 e. The van der Waals surface area contributed by atoms with E-state index in [-0.39, 0.29) is 12.5 Å². The van der Waals surface area contributed by atoms with Gasteiger partial charge in [-0.25, -0.2) is 4.79 Å². The molecule has 0 saturated carbocycles. The number of amides is 2. The third-order valence-electron chi connectivity index (χ3n) is 3.41. The van der Waals surface area contributed by atoms with Crippen molar-refractivity contribution < 1.29 is 19.8 Å². The third-order valence-corrected chi connectivity index (χ3v) is 3.41. The first kappa shape index (κ1) is 14.3. The molecule has 1 saturated heterocycles. The molecule has 0 unspecified atom stereocenters. The first-order valence-corrected chi connectivity index (χ1v) is 6.59. The highest BCUT2D eigenvalue weighted by atomic mass is 16.4. The standard InChI is InChI=1S/C14H18N2O4/c17-9-4-11-2-1-3-12(10-11)13(18)15-5-7-16(8-6-15)14(19)20/h1-3,10,17H,4-9H2,(H,19,20). The molecule has 2 N–H and O–H groups in total. The molecule has 0 atom stereocenters. The second-order valence-electron chi connectivity index (χ2n) is 4.74. The first-order valence-electron chi connectivity index (χ1n) is 6.59. The number of hydrogen-bond donors (Lipinski definition) is 2. The Morgan fingerprint density at radius 1 is 1.10 bits per heavy atom. The molecule has 108 valence electrons. The molecular formula is C14H18N2O4. The molecule has 0 spiro atoms. The number of carbonyl (C=O) groups is 2. The van der Waals surface area contributed by atoms with Gasteiger partial charge in [0.1, 0.15) is 0 Å². The van der Waals surface area contributed by atoms with Gasteiger partial charge < -0.3 is 20.0 Å². The molecule has 0 radical (unpaired) electrons. The molecule has 1 heterocycles. The van der Waals surface area contributed by atoms with Gasteiger partial charge in [-0.15, -0.1) is 0 Å². The Bertz CT molecular complexity index is 496. The van der Waals surface area contributed by atoms with Crippen LogP contribution in [0.1, 0.15) is 15.9 Å². The second-order valence-corrected chi connectivity index (χ2v) is 4.74. The van der Waals surface area contributed by atoms with Gasteiger partial charge in [-0.3, -0.25) is 4.79 Å². The Balaban J connectivity index is 2.01. The van der Waals surface area contributed by atoms with Gasteiger partial charge in [0.2, 0.25) is 0 Å². The molecular weight excluding hydrogens is 260 g/mol. The van der Waals surface area contributed by atoms with Crippen LogP contribution in [0.4, 0.5) is 4.79 Å². The monoisotopic (exact) mass is 278 g/mol. The van der Waals surface area contributed by atoms with Crippen LogP contribution in [0, 0.1) is 0 Å². The van der Waals surface area contributed by atoms with Crippen molar-refractivity contribution in [3.63, 3.8) is 0 Å². The number of piperazine rings is 1. The zero-order valence-corrected chi connectivity index (χ0v) is 11.2. The quantitative estimate of drug-likeness (QED) is 0.851. The van der Waals surface area contributed by atoms with Crippen molar-refractivity contribution in [3.8, 4) is 0 Å². The van der Waals surface area contributed by atoms with E-state index >= 15 is 0 Å². The highest BCUT2D eigenvalue weighted by Crippen LogP contribution is 2.11. The summed E-state index contributed by atoms with van der Waals surface area (Å²) in [5.74, 6) is -0.0881. The molecule has 1 aromatic rings. The summed E-state index contributed by atoms with van der Waals surface area (Å²) in [5.41, 5.74) is 1.50.